The molecule has 0 saturated heterocycles. The molecular formula is C20H14O6. The lowest BCUT2D eigenvalue weighted by molar-refractivity contribution is 0.0712. The first-order valence-electron chi connectivity index (χ1n) is 7.65. The third kappa shape index (κ3) is 3.81. The topological polar surface area (TPSA) is 93.1 Å². The molecule has 0 amide bonds. The third-order valence-corrected chi connectivity index (χ3v) is 3.46. The largest absolute Gasteiger partial charge is 0.504 e. The molecule has 0 saturated carbocycles. The van der Waals surface area contributed by atoms with Crippen LogP contribution in [0.1, 0.15) is 20.7 Å². The smallest absolute Gasteiger partial charge is 0.343 e. The van der Waals surface area contributed by atoms with E-state index in [2.05, 4.69) is 0 Å². The summed E-state index contributed by atoms with van der Waals surface area (Å²) in [6.45, 7) is 0. The molecule has 2 N–H and O–H groups in total. The lowest BCUT2D eigenvalue weighted by Gasteiger charge is -2.10. The van der Waals surface area contributed by atoms with E-state index in [0.29, 0.717) is 0 Å². The van der Waals surface area contributed by atoms with Gasteiger partial charge in [-0.25, -0.2) is 9.59 Å². The third-order valence-electron chi connectivity index (χ3n) is 3.46. The van der Waals surface area contributed by atoms with Gasteiger partial charge in [0.05, 0.1) is 11.1 Å². The van der Waals surface area contributed by atoms with Crippen molar-refractivity contribution in [2.75, 3.05) is 0 Å². The molecule has 0 aliphatic heterocycles. The van der Waals surface area contributed by atoms with Gasteiger partial charge in [-0.3, -0.25) is 0 Å². The van der Waals surface area contributed by atoms with Crippen LogP contribution in [0, 0.1) is 0 Å². The number of aromatic hydroxyl groups is 2. The van der Waals surface area contributed by atoms with E-state index in [4.69, 9.17) is 9.47 Å². The van der Waals surface area contributed by atoms with Crippen molar-refractivity contribution in [2.45, 2.75) is 0 Å². The zero-order valence-electron chi connectivity index (χ0n) is 13.5. The van der Waals surface area contributed by atoms with Gasteiger partial charge in [0.15, 0.2) is 23.0 Å². The Morgan fingerprint density at radius 2 is 0.962 bits per heavy atom. The van der Waals surface area contributed by atoms with Crippen molar-refractivity contribution in [1.82, 2.24) is 0 Å². The van der Waals surface area contributed by atoms with Crippen LogP contribution in [0.25, 0.3) is 0 Å². The van der Waals surface area contributed by atoms with Gasteiger partial charge in [0.25, 0.3) is 0 Å². The van der Waals surface area contributed by atoms with Crippen LogP contribution in [-0.4, -0.2) is 22.2 Å². The second-order valence-electron chi connectivity index (χ2n) is 5.30. The Balaban J connectivity index is 1.78. The molecule has 0 aromatic heterocycles. The molecule has 0 aliphatic carbocycles. The molecule has 26 heavy (non-hydrogen) atoms. The van der Waals surface area contributed by atoms with Gasteiger partial charge in [-0.1, -0.05) is 36.4 Å². The van der Waals surface area contributed by atoms with Crippen molar-refractivity contribution in [2.24, 2.45) is 0 Å². The Labute approximate surface area is 148 Å². The maximum absolute atomic E-state index is 12.0. The van der Waals surface area contributed by atoms with Crippen molar-refractivity contribution in [3.05, 3.63) is 83.9 Å². The van der Waals surface area contributed by atoms with Gasteiger partial charge in [0.2, 0.25) is 0 Å². The Kier molecular flexibility index (Phi) is 4.85. The highest BCUT2D eigenvalue weighted by Gasteiger charge is 2.18. The monoisotopic (exact) mass is 350 g/mol. The molecular weight excluding hydrogens is 336 g/mol. The summed E-state index contributed by atoms with van der Waals surface area (Å²) in [5.74, 6) is -2.82. The molecule has 3 aromatic rings. The number of rotatable bonds is 4. The molecule has 130 valence electrons. The fraction of sp³-hybridized carbons (Fsp3) is 0. The van der Waals surface area contributed by atoms with Crippen LogP contribution in [0.3, 0.4) is 0 Å². The highest BCUT2D eigenvalue weighted by Crippen LogP contribution is 2.38. The molecule has 3 aromatic carbocycles. The Morgan fingerprint density at radius 1 is 0.615 bits per heavy atom. The van der Waals surface area contributed by atoms with Crippen LogP contribution in [0.2, 0.25) is 0 Å². The minimum absolute atomic E-state index is 0.254. The molecule has 0 atom stereocenters. The second-order valence-corrected chi connectivity index (χ2v) is 5.30. The summed E-state index contributed by atoms with van der Waals surface area (Å²) < 4.78 is 10.1. The van der Waals surface area contributed by atoms with E-state index in [1.165, 1.54) is 0 Å². The van der Waals surface area contributed by atoms with Gasteiger partial charge < -0.3 is 19.7 Å². The predicted molar refractivity (Wildman–Crippen MR) is 92.6 cm³/mol. The van der Waals surface area contributed by atoms with E-state index < -0.39 is 23.4 Å². The summed E-state index contributed by atoms with van der Waals surface area (Å²) in [6.07, 6.45) is 0. The molecule has 6 heteroatoms. The van der Waals surface area contributed by atoms with Crippen molar-refractivity contribution in [1.29, 1.82) is 0 Å². The minimum Gasteiger partial charge on any atom is -0.504 e. The molecule has 6 nitrogen and oxygen atoms in total. The van der Waals surface area contributed by atoms with Crippen molar-refractivity contribution >= 4 is 11.9 Å². The molecule has 0 heterocycles. The van der Waals surface area contributed by atoms with E-state index in [0.717, 1.165) is 12.1 Å². The first-order chi connectivity index (χ1) is 12.5. The molecule has 0 spiro atoms. The quantitative estimate of drug-likeness (QED) is 0.425. The summed E-state index contributed by atoms with van der Waals surface area (Å²) in [5.41, 5.74) is 0.567. The minimum atomic E-state index is -0.700. The van der Waals surface area contributed by atoms with Crippen LogP contribution in [-0.2, 0) is 0 Å². The molecule has 0 bridgehead atoms. The fourth-order valence-electron chi connectivity index (χ4n) is 2.17. The highest BCUT2D eigenvalue weighted by atomic mass is 16.5. The molecule has 3 rings (SSSR count). The Morgan fingerprint density at radius 3 is 1.31 bits per heavy atom. The van der Waals surface area contributed by atoms with E-state index in [9.17, 15) is 19.8 Å². The van der Waals surface area contributed by atoms with E-state index in [1.54, 1.807) is 60.7 Å². The number of hydrogen-bond donors (Lipinski definition) is 2. The zero-order chi connectivity index (χ0) is 18.5. The molecule has 0 radical (unpaired) electrons. The fourth-order valence-corrected chi connectivity index (χ4v) is 2.17. The van der Waals surface area contributed by atoms with Crippen LogP contribution < -0.4 is 9.47 Å². The number of carbonyl (C=O) groups is 2. The number of phenols is 2. The average Bonchev–Trinajstić information content (AvgIpc) is 2.67. The van der Waals surface area contributed by atoms with Crippen LogP contribution in [0.5, 0.6) is 23.0 Å². The number of carbonyl (C=O) groups excluding carboxylic acids is 2. The first kappa shape index (κ1) is 17.0. The number of hydrogen-bond acceptors (Lipinski definition) is 6. The van der Waals surface area contributed by atoms with Gasteiger partial charge in [-0.05, 0) is 24.3 Å². The Bertz CT molecular complexity index is 856. The van der Waals surface area contributed by atoms with Gasteiger partial charge >= 0.3 is 11.9 Å². The summed E-state index contributed by atoms with van der Waals surface area (Å²) >= 11 is 0. The second kappa shape index (κ2) is 7.40. The van der Waals surface area contributed by atoms with E-state index >= 15 is 0 Å². The van der Waals surface area contributed by atoms with Gasteiger partial charge in [0, 0.05) is 12.1 Å². The van der Waals surface area contributed by atoms with Crippen LogP contribution >= 0.6 is 0 Å². The summed E-state index contributed by atoms with van der Waals surface area (Å²) in [4.78, 5) is 24.0. The Hall–Kier alpha value is -3.80. The maximum Gasteiger partial charge on any atom is 0.343 e. The number of ether oxygens (including phenoxy) is 2. The lowest BCUT2D eigenvalue weighted by Crippen LogP contribution is -2.10. The molecule has 0 aliphatic rings. The van der Waals surface area contributed by atoms with Crippen LogP contribution in [0.15, 0.2) is 72.8 Å². The normalized spacial score (nSPS) is 10.2. The van der Waals surface area contributed by atoms with Gasteiger partial charge in [-0.2, -0.15) is 0 Å². The SMILES string of the molecule is O=C(Oc1cc(O)c(OC(=O)c2ccccc2)cc1O)c1ccccc1. The van der Waals surface area contributed by atoms with Crippen molar-refractivity contribution in [3.63, 3.8) is 0 Å². The maximum atomic E-state index is 12.0. The van der Waals surface area contributed by atoms with Gasteiger partial charge in [-0.15, -0.1) is 0 Å². The lowest BCUT2D eigenvalue weighted by atomic mass is 10.2. The first-order valence-corrected chi connectivity index (χ1v) is 7.65. The van der Waals surface area contributed by atoms with Crippen molar-refractivity contribution < 1.29 is 29.3 Å². The standard InChI is InChI=1S/C20H14O6/c21-15-12-18(26-20(24)14-9-5-2-6-10-14)16(22)11-17(15)25-19(23)13-7-3-1-4-8-13/h1-12,21-22H. The summed E-state index contributed by atoms with van der Waals surface area (Å²) in [5, 5.41) is 20.0. The highest BCUT2D eigenvalue weighted by molar-refractivity contribution is 5.92. The van der Waals surface area contributed by atoms with E-state index in [-0.39, 0.29) is 22.6 Å². The number of esters is 2. The molecule has 0 fully saturated rings. The summed E-state index contributed by atoms with van der Waals surface area (Å²) in [7, 11) is 0. The number of phenolic OH excluding ortho intramolecular Hbond substituents is 2. The average molecular weight is 350 g/mol. The zero-order valence-corrected chi connectivity index (χ0v) is 13.5. The van der Waals surface area contributed by atoms with Gasteiger partial charge in [0.1, 0.15) is 0 Å². The van der Waals surface area contributed by atoms with E-state index in [1.807, 2.05) is 0 Å². The summed E-state index contributed by atoms with van der Waals surface area (Å²) in [6, 6.07) is 18.4. The predicted octanol–water partition coefficient (Wildman–Crippen LogP) is 3.54. The number of benzene rings is 3. The van der Waals surface area contributed by atoms with Crippen LogP contribution in [0.4, 0.5) is 0 Å². The molecule has 0 unspecified atom stereocenters. The van der Waals surface area contributed by atoms with Crippen molar-refractivity contribution in [3.8, 4) is 23.0 Å².